The summed E-state index contributed by atoms with van der Waals surface area (Å²) in [5, 5.41) is 11.1. The average Bonchev–Trinajstić information content (AvgIpc) is 2.33. The van der Waals surface area contributed by atoms with Gasteiger partial charge in [0.2, 0.25) is 0 Å². The molecule has 0 aromatic rings. The highest BCUT2D eigenvalue weighted by Gasteiger charge is 2.69. The van der Waals surface area contributed by atoms with E-state index in [0.29, 0.717) is 0 Å². The van der Waals surface area contributed by atoms with Gasteiger partial charge in [0.1, 0.15) is 6.54 Å². The third kappa shape index (κ3) is 6.36. The van der Waals surface area contributed by atoms with E-state index in [1.54, 1.807) is 0 Å². The Morgan fingerprint density at radius 3 is 1.88 bits per heavy atom. The Kier molecular flexibility index (Phi) is 7.30. The molecule has 0 bridgehead atoms. The third-order valence-corrected chi connectivity index (χ3v) is 4.91. The number of alkyl halides is 5. The van der Waals surface area contributed by atoms with Gasteiger partial charge in [-0.1, -0.05) is 0 Å². The fourth-order valence-electron chi connectivity index (χ4n) is 1.86. The molecule has 0 amide bonds. The molecule has 0 unspecified atom stereocenters. The number of aliphatic carboxylic acids is 2. The minimum absolute atomic E-state index is 0.102. The molecule has 0 aliphatic rings. The van der Waals surface area contributed by atoms with Crippen LogP contribution in [0.1, 0.15) is 6.42 Å². The van der Waals surface area contributed by atoms with Crippen LogP contribution in [0.5, 0.6) is 0 Å². The van der Waals surface area contributed by atoms with Gasteiger partial charge in [0, 0.05) is 13.0 Å². The summed E-state index contributed by atoms with van der Waals surface area (Å²) in [7, 11) is -3.50. The van der Waals surface area contributed by atoms with Crippen LogP contribution in [0.25, 0.3) is 0 Å². The largest absolute Gasteiger partial charge is 0.480 e. The maximum atomic E-state index is 13.2. The van der Waals surface area contributed by atoms with Crippen LogP contribution in [0.15, 0.2) is 0 Å². The highest BCUT2D eigenvalue weighted by molar-refractivity contribution is 7.90. The molecule has 0 saturated carbocycles. The maximum Gasteiger partial charge on any atom is 0.470 e. The first-order chi connectivity index (χ1) is 10.9. The Hall–Kier alpha value is -1.54. The lowest BCUT2D eigenvalue weighted by Gasteiger charge is -2.30. The predicted octanol–water partition coefficient (Wildman–Crippen LogP) is 0.409. The predicted molar refractivity (Wildman–Crippen MR) is 73.2 cm³/mol. The summed E-state index contributed by atoms with van der Waals surface area (Å²) in [6.07, 6.45) is -6.75. The number of hydrogen-bond donors (Lipinski definition) is 2. The third-order valence-electron chi connectivity index (χ3n) is 3.04. The molecule has 0 aromatic carbocycles. The molecule has 148 valence electrons. The Morgan fingerprint density at radius 1 is 1.04 bits per heavy atom. The van der Waals surface area contributed by atoms with Gasteiger partial charge in [-0.15, -0.1) is 0 Å². The van der Waals surface area contributed by atoms with Crippen molar-refractivity contribution < 1.29 is 54.7 Å². The van der Waals surface area contributed by atoms with Gasteiger partial charge in [0.05, 0.1) is 20.6 Å². The van der Waals surface area contributed by atoms with Crippen LogP contribution >= 0.6 is 0 Å². The number of quaternary nitrogens is 1. The fraction of sp³-hybridized carbons (Fsp3) is 0.818. The zero-order valence-electron chi connectivity index (χ0n) is 13.3. The molecule has 14 heteroatoms. The van der Waals surface area contributed by atoms with Crippen molar-refractivity contribution >= 4 is 22.0 Å². The van der Waals surface area contributed by atoms with Crippen LogP contribution in [0.4, 0.5) is 22.0 Å². The lowest BCUT2D eigenvalue weighted by Crippen LogP contribution is -2.53. The van der Waals surface area contributed by atoms with E-state index >= 15 is 0 Å². The summed E-state index contributed by atoms with van der Waals surface area (Å²) in [4.78, 5) is 21.3. The second-order valence-corrected chi connectivity index (χ2v) is 7.79. The number of carboxylic acid groups (broad SMARTS) is 2. The van der Waals surface area contributed by atoms with Crippen LogP contribution in [-0.4, -0.2) is 91.1 Å². The zero-order valence-corrected chi connectivity index (χ0v) is 14.1. The van der Waals surface area contributed by atoms with Crippen LogP contribution in [-0.2, 0) is 19.6 Å². The molecule has 0 heterocycles. The molecular formula is C11H18F5N2O6S+. The summed E-state index contributed by atoms with van der Waals surface area (Å²) in [6, 6.07) is 0. The smallest absolute Gasteiger partial charge is 0.470 e. The number of halogens is 5. The number of hydrogen-bond acceptors (Lipinski definition) is 4. The summed E-state index contributed by atoms with van der Waals surface area (Å²) < 4.78 is 85.8. The van der Waals surface area contributed by atoms with Crippen molar-refractivity contribution in [3.8, 4) is 0 Å². The highest BCUT2D eigenvalue weighted by atomic mass is 32.2. The molecule has 0 radical (unpaired) electrons. The minimum Gasteiger partial charge on any atom is -0.480 e. The van der Waals surface area contributed by atoms with Crippen molar-refractivity contribution in [2.75, 3.05) is 40.3 Å². The van der Waals surface area contributed by atoms with Gasteiger partial charge < -0.3 is 14.7 Å². The maximum absolute atomic E-state index is 13.2. The van der Waals surface area contributed by atoms with E-state index in [9.17, 15) is 40.0 Å². The molecule has 0 rings (SSSR count). The fourth-order valence-corrected chi connectivity index (χ4v) is 3.13. The van der Waals surface area contributed by atoms with Gasteiger partial charge in [-0.25, -0.2) is 13.2 Å². The van der Waals surface area contributed by atoms with Crippen LogP contribution in [0, 0.1) is 0 Å². The molecule has 0 aliphatic heterocycles. The van der Waals surface area contributed by atoms with E-state index in [4.69, 9.17) is 10.2 Å². The molecule has 0 fully saturated rings. The topological polar surface area (TPSA) is 112 Å². The first kappa shape index (κ1) is 23.5. The summed E-state index contributed by atoms with van der Waals surface area (Å²) >= 11 is 0. The van der Waals surface area contributed by atoms with Crippen LogP contribution in [0.2, 0.25) is 0 Å². The van der Waals surface area contributed by atoms with Crippen molar-refractivity contribution in [2.24, 2.45) is 0 Å². The van der Waals surface area contributed by atoms with Crippen LogP contribution in [0.3, 0.4) is 0 Å². The van der Waals surface area contributed by atoms with Crippen molar-refractivity contribution in [1.29, 1.82) is 0 Å². The standard InChI is InChI=1S/C11H17F5N2O6S/c1-18(2,7-9(21)22)5-3-4-17(6-8(19)20)25(23,24)11(15,16)10(12,13)14/h3-7H2,1-2H3,(H-,19,20,21,22)/p+1. The monoisotopic (exact) mass is 401 g/mol. The van der Waals surface area contributed by atoms with E-state index < -0.39 is 57.3 Å². The molecule has 25 heavy (non-hydrogen) atoms. The molecule has 0 saturated heterocycles. The molecule has 0 aliphatic carbocycles. The van der Waals surface area contributed by atoms with E-state index in [-0.39, 0.29) is 17.4 Å². The molecule has 0 spiro atoms. The van der Waals surface area contributed by atoms with E-state index in [1.165, 1.54) is 14.1 Å². The summed E-state index contributed by atoms with van der Waals surface area (Å²) in [6.45, 7) is -3.04. The van der Waals surface area contributed by atoms with E-state index in [1.807, 2.05) is 0 Å². The lowest BCUT2D eigenvalue weighted by molar-refractivity contribution is -0.883. The van der Waals surface area contributed by atoms with Crippen molar-refractivity contribution in [3.63, 3.8) is 0 Å². The number of carboxylic acids is 2. The Morgan fingerprint density at radius 2 is 1.52 bits per heavy atom. The Labute approximate surface area is 140 Å². The van der Waals surface area contributed by atoms with Gasteiger partial charge in [-0.05, 0) is 0 Å². The van der Waals surface area contributed by atoms with Gasteiger partial charge in [-0.3, -0.25) is 4.79 Å². The molecule has 2 N–H and O–H groups in total. The van der Waals surface area contributed by atoms with Crippen molar-refractivity contribution in [2.45, 2.75) is 17.9 Å². The average molecular weight is 401 g/mol. The second kappa shape index (κ2) is 7.78. The first-order valence-electron chi connectivity index (χ1n) is 6.64. The number of carbonyl (C=O) groups is 2. The second-order valence-electron chi connectivity index (χ2n) is 5.81. The Bertz CT molecular complexity index is 605. The minimum atomic E-state index is -6.42. The van der Waals surface area contributed by atoms with Gasteiger partial charge in [-0.2, -0.15) is 26.3 Å². The zero-order chi connectivity index (χ0) is 20.3. The van der Waals surface area contributed by atoms with Crippen molar-refractivity contribution in [3.05, 3.63) is 0 Å². The van der Waals surface area contributed by atoms with Crippen molar-refractivity contribution in [1.82, 2.24) is 4.31 Å². The van der Waals surface area contributed by atoms with Gasteiger partial charge in [0.25, 0.3) is 10.0 Å². The van der Waals surface area contributed by atoms with Gasteiger partial charge >= 0.3 is 23.4 Å². The van der Waals surface area contributed by atoms with Crippen LogP contribution < -0.4 is 0 Å². The lowest BCUT2D eigenvalue weighted by atomic mass is 10.3. The number of rotatable bonds is 10. The van der Waals surface area contributed by atoms with Gasteiger partial charge in [0.15, 0.2) is 6.54 Å². The van der Waals surface area contributed by atoms with E-state index in [0.717, 1.165) is 0 Å². The number of sulfonamides is 1. The molecule has 0 atom stereocenters. The molecule has 0 aromatic heterocycles. The molecular weight excluding hydrogens is 383 g/mol. The summed E-state index contributed by atoms with van der Waals surface area (Å²) in [5.41, 5.74) is 0. The number of likely N-dealkylation sites (N-methyl/N-ethyl adjacent to an activating group) is 1. The Balaban J connectivity index is 5.34. The normalized spacial score (nSPS) is 13.9. The SMILES string of the molecule is C[N+](C)(CCCN(CC(=O)O)S(=O)(=O)C(F)(F)C(F)(F)F)CC(=O)O. The summed E-state index contributed by atoms with van der Waals surface area (Å²) in [5.74, 6) is -3.12. The quantitative estimate of drug-likeness (QED) is 0.405. The van der Waals surface area contributed by atoms with E-state index in [2.05, 4.69) is 0 Å². The number of nitrogens with zero attached hydrogens (tertiary/aromatic N) is 2. The first-order valence-corrected chi connectivity index (χ1v) is 8.08. The molecule has 8 nitrogen and oxygen atoms in total. The highest BCUT2D eigenvalue weighted by Crippen LogP contribution is 2.41.